The zero-order valence-corrected chi connectivity index (χ0v) is 13.5. The first-order valence-electron chi connectivity index (χ1n) is 7.90. The van der Waals surface area contributed by atoms with Gasteiger partial charge in [0.05, 0.1) is 17.1 Å². The van der Waals surface area contributed by atoms with Gasteiger partial charge in [0, 0.05) is 6.04 Å². The lowest BCUT2D eigenvalue weighted by molar-refractivity contribution is -0.181. The molecule has 0 aromatic heterocycles. The van der Waals surface area contributed by atoms with Crippen molar-refractivity contribution in [1.29, 1.82) is 0 Å². The summed E-state index contributed by atoms with van der Waals surface area (Å²) in [5, 5.41) is 8.14. The SMILES string of the molecule is O=C(O)C1CCC(NS(=O)(=O)C2CCC(C(F)(F)F)CC2)CC1. The van der Waals surface area contributed by atoms with Crippen LogP contribution in [0.2, 0.25) is 0 Å². The molecule has 2 aliphatic rings. The van der Waals surface area contributed by atoms with Gasteiger partial charge in [-0.25, -0.2) is 13.1 Å². The molecule has 5 nitrogen and oxygen atoms in total. The molecule has 2 rings (SSSR count). The van der Waals surface area contributed by atoms with Gasteiger partial charge in [-0.15, -0.1) is 0 Å². The summed E-state index contributed by atoms with van der Waals surface area (Å²) in [5.41, 5.74) is 0. The molecule has 0 spiro atoms. The van der Waals surface area contributed by atoms with Crippen LogP contribution in [0.5, 0.6) is 0 Å². The molecule has 0 aromatic carbocycles. The molecule has 2 N–H and O–H groups in total. The van der Waals surface area contributed by atoms with E-state index < -0.39 is 39.3 Å². The maximum absolute atomic E-state index is 12.6. The Kier molecular flexibility index (Phi) is 5.60. The summed E-state index contributed by atoms with van der Waals surface area (Å²) < 4.78 is 65.1. The molecule has 23 heavy (non-hydrogen) atoms. The van der Waals surface area contributed by atoms with E-state index in [1.807, 2.05) is 0 Å². The standard InChI is InChI=1S/C14H22F3NO4S/c15-14(16,17)10-3-7-12(8-4-10)23(21,22)18-11-5-1-9(2-6-11)13(19)20/h9-12,18H,1-8H2,(H,19,20). The van der Waals surface area contributed by atoms with Crippen molar-refractivity contribution in [1.82, 2.24) is 4.72 Å². The highest BCUT2D eigenvalue weighted by Crippen LogP contribution is 2.39. The lowest BCUT2D eigenvalue weighted by Gasteiger charge is -2.32. The molecule has 0 radical (unpaired) electrons. The summed E-state index contributed by atoms with van der Waals surface area (Å²) in [7, 11) is -3.65. The number of halogens is 3. The van der Waals surface area contributed by atoms with Crippen molar-refractivity contribution in [2.75, 3.05) is 0 Å². The maximum atomic E-state index is 12.6. The van der Waals surface area contributed by atoms with Gasteiger partial charge >= 0.3 is 12.1 Å². The van der Waals surface area contributed by atoms with Crippen molar-refractivity contribution in [2.24, 2.45) is 11.8 Å². The Hall–Kier alpha value is -0.830. The minimum absolute atomic E-state index is 0.0178. The molecule has 0 amide bonds. The number of alkyl halides is 3. The number of carboxylic acids is 1. The average molecular weight is 357 g/mol. The van der Waals surface area contributed by atoms with Gasteiger partial charge in [-0.2, -0.15) is 13.2 Å². The van der Waals surface area contributed by atoms with Crippen LogP contribution in [0.4, 0.5) is 13.2 Å². The minimum Gasteiger partial charge on any atom is -0.481 e. The number of hydrogen-bond acceptors (Lipinski definition) is 3. The Morgan fingerprint density at radius 3 is 1.91 bits per heavy atom. The number of hydrogen-bond donors (Lipinski definition) is 2. The van der Waals surface area contributed by atoms with Gasteiger partial charge in [0.25, 0.3) is 0 Å². The van der Waals surface area contributed by atoms with Gasteiger partial charge in [-0.3, -0.25) is 4.79 Å². The van der Waals surface area contributed by atoms with E-state index in [9.17, 15) is 26.4 Å². The highest BCUT2D eigenvalue weighted by molar-refractivity contribution is 7.90. The Balaban J connectivity index is 1.85. The Morgan fingerprint density at radius 2 is 1.48 bits per heavy atom. The van der Waals surface area contributed by atoms with Crippen molar-refractivity contribution in [2.45, 2.75) is 68.8 Å². The van der Waals surface area contributed by atoms with Crippen molar-refractivity contribution in [3.8, 4) is 0 Å². The van der Waals surface area contributed by atoms with Crippen LogP contribution in [0, 0.1) is 11.8 Å². The molecular formula is C14H22F3NO4S. The molecule has 0 unspecified atom stereocenters. The minimum atomic E-state index is -4.25. The van der Waals surface area contributed by atoms with Crippen LogP contribution in [0.15, 0.2) is 0 Å². The lowest BCUT2D eigenvalue weighted by Crippen LogP contribution is -2.45. The van der Waals surface area contributed by atoms with E-state index in [0.29, 0.717) is 25.7 Å². The first kappa shape index (κ1) is 18.5. The van der Waals surface area contributed by atoms with Crippen LogP contribution in [0.3, 0.4) is 0 Å². The molecule has 134 valence electrons. The van der Waals surface area contributed by atoms with Gasteiger partial charge in [0.15, 0.2) is 0 Å². The molecular weight excluding hydrogens is 335 g/mol. The van der Waals surface area contributed by atoms with E-state index in [0.717, 1.165) is 0 Å². The molecule has 0 saturated heterocycles. The second-order valence-electron chi connectivity index (χ2n) is 6.56. The van der Waals surface area contributed by atoms with Gasteiger partial charge in [-0.1, -0.05) is 0 Å². The normalized spacial score (nSPS) is 33.3. The number of rotatable bonds is 4. The van der Waals surface area contributed by atoms with Crippen LogP contribution in [0.1, 0.15) is 51.4 Å². The summed E-state index contributed by atoms with van der Waals surface area (Å²) in [6.07, 6.45) is -2.78. The number of aliphatic carboxylic acids is 1. The van der Waals surface area contributed by atoms with Crippen molar-refractivity contribution in [3.63, 3.8) is 0 Å². The van der Waals surface area contributed by atoms with Gasteiger partial charge in [-0.05, 0) is 51.4 Å². The summed E-state index contributed by atoms with van der Waals surface area (Å²) in [6, 6.07) is -0.309. The fourth-order valence-electron chi connectivity index (χ4n) is 3.49. The molecule has 0 aromatic rings. The third-order valence-corrected chi connectivity index (χ3v) is 6.99. The van der Waals surface area contributed by atoms with Crippen LogP contribution in [-0.2, 0) is 14.8 Å². The number of nitrogens with one attached hydrogen (secondary N) is 1. The monoisotopic (exact) mass is 357 g/mol. The van der Waals surface area contributed by atoms with Crippen molar-refractivity contribution in [3.05, 3.63) is 0 Å². The van der Waals surface area contributed by atoms with E-state index in [2.05, 4.69) is 4.72 Å². The molecule has 2 saturated carbocycles. The van der Waals surface area contributed by atoms with Crippen LogP contribution in [-0.4, -0.2) is 37.0 Å². The second kappa shape index (κ2) is 6.96. The summed E-state index contributed by atoms with van der Waals surface area (Å²) in [4.78, 5) is 10.9. The Morgan fingerprint density at radius 1 is 0.957 bits per heavy atom. The summed E-state index contributed by atoms with van der Waals surface area (Å²) in [5.74, 6) is -2.70. The first-order valence-corrected chi connectivity index (χ1v) is 9.45. The van der Waals surface area contributed by atoms with Crippen LogP contribution in [0.25, 0.3) is 0 Å². The maximum Gasteiger partial charge on any atom is 0.391 e. The molecule has 0 atom stereocenters. The summed E-state index contributed by atoms with van der Waals surface area (Å²) in [6.45, 7) is 0. The lowest BCUT2D eigenvalue weighted by atomic mass is 9.87. The molecule has 0 bridgehead atoms. The predicted molar refractivity (Wildman–Crippen MR) is 77.2 cm³/mol. The van der Waals surface area contributed by atoms with Gasteiger partial charge < -0.3 is 5.11 Å². The van der Waals surface area contributed by atoms with E-state index in [4.69, 9.17) is 5.11 Å². The van der Waals surface area contributed by atoms with E-state index in [-0.39, 0.29) is 31.7 Å². The molecule has 0 heterocycles. The largest absolute Gasteiger partial charge is 0.481 e. The molecule has 0 aliphatic heterocycles. The van der Waals surface area contributed by atoms with Crippen LogP contribution >= 0.6 is 0 Å². The smallest absolute Gasteiger partial charge is 0.391 e. The number of carbonyl (C=O) groups is 1. The van der Waals surface area contributed by atoms with E-state index >= 15 is 0 Å². The third kappa shape index (κ3) is 4.82. The topological polar surface area (TPSA) is 83.5 Å². The molecule has 2 fully saturated rings. The zero-order valence-electron chi connectivity index (χ0n) is 12.7. The predicted octanol–water partition coefficient (Wildman–Crippen LogP) is 2.67. The zero-order chi connectivity index (χ0) is 17.3. The highest BCUT2D eigenvalue weighted by atomic mass is 32.2. The number of carboxylic acid groups (broad SMARTS) is 1. The third-order valence-electron chi connectivity index (χ3n) is 4.98. The first-order chi connectivity index (χ1) is 10.6. The highest BCUT2D eigenvalue weighted by Gasteiger charge is 2.44. The van der Waals surface area contributed by atoms with Crippen molar-refractivity contribution < 1.29 is 31.5 Å². The molecule has 2 aliphatic carbocycles. The van der Waals surface area contributed by atoms with Crippen LogP contribution < -0.4 is 4.72 Å². The van der Waals surface area contributed by atoms with Gasteiger partial charge in [0.1, 0.15) is 0 Å². The fraction of sp³-hybridized carbons (Fsp3) is 0.929. The Bertz CT molecular complexity index is 519. The average Bonchev–Trinajstić information content (AvgIpc) is 2.46. The van der Waals surface area contributed by atoms with E-state index in [1.165, 1.54) is 0 Å². The van der Waals surface area contributed by atoms with Gasteiger partial charge in [0.2, 0.25) is 10.0 Å². The van der Waals surface area contributed by atoms with Crippen molar-refractivity contribution >= 4 is 16.0 Å². The molecule has 9 heteroatoms. The quantitative estimate of drug-likeness (QED) is 0.810. The Labute approximate surface area is 133 Å². The summed E-state index contributed by atoms with van der Waals surface area (Å²) >= 11 is 0. The van der Waals surface area contributed by atoms with E-state index in [1.54, 1.807) is 0 Å². The number of sulfonamides is 1. The fourth-order valence-corrected chi connectivity index (χ4v) is 5.27. The second-order valence-corrected chi connectivity index (χ2v) is 8.56.